The van der Waals surface area contributed by atoms with Crippen molar-refractivity contribution in [3.05, 3.63) is 144 Å². The summed E-state index contributed by atoms with van der Waals surface area (Å²) in [5.41, 5.74) is 2.96. The van der Waals surface area contributed by atoms with Crippen molar-refractivity contribution in [3.8, 4) is 0 Å². The summed E-state index contributed by atoms with van der Waals surface area (Å²) in [6.07, 6.45) is -1.26. The van der Waals surface area contributed by atoms with Gasteiger partial charge in [-0.3, -0.25) is 0 Å². The second kappa shape index (κ2) is 10.9. The Hall–Kier alpha value is -3.27. The molecule has 1 atom stereocenters. The zero-order valence-electron chi connectivity index (χ0n) is 17.9. The van der Waals surface area contributed by atoms with Gasteiger partial charge in [-0.15, -0.1) is 0 Å². The SMILES string of the molecule is F[C@H](COCc1ccccc1)COC(c1ccccc1)(c1ccccc1)c1ccccc1. The van der Waals surface area contributed by atoms with Crippen molar-refractivity contribution in [1.82, 2.24) is 0 Å². The van der Waals surface area contributed by atoms with Crippen LogP contribution in [0.25, 0.3) is 0 Å². The van der Waals surface area contributed by atoms with Crippen LogP contribution in [0.2, 0.25) is 0 Å². The molecule has 0 unspecified atom stereocenters. The molecule has 0 aliphatic carbocycles. The van der Waals surface area contributed by atoms with Crippen molar-refractivity contribution in [2.45, 2.75) is 18.4 Å². The third-order valence-electron chi connectivity index (χ3n) is 5.43. The van der Waals surface area contributed by atoms with Gasteiger partial charge in [0.05, 0.1) is 19.8 Å². The maximum absolute atomic E-state index is 14.9. The average molecular weight is 427 g/mol. The number of hydrogen-bond acceptors (Lipinski definition) is 2. The number of benzene rings is 4. The Kier molecular flexibility index (Phi) is 7.44. The summed E-state index contributed by atoms with van der Waals surface area (Å²) >= 11 is 0. The van der Waals surface area contributed by atoms with Crippen LogP contribution in [-0.2, 0) is 21.7 Å². The number of alkyl halides is 1. The predicted octanol–water partition coefficient (Wildman–Crippen LogP) is 6.55. The summed E-state index contributed by atoms with van der Waals surface area (Å²) in [7, 11) is 0. The van der Waals surface area contributed by atoms with Crippen LogP contribution in [-0.4, -0.2) is 19.4 Å². The maximum atomic E-state index is 14.9. The Bertz CT molecular complexity index is 957. The highest BCUT2D eigenvalue weighted by molar-refractivity contribution is 5.47. The molecule has 0 aromatic heterocycles. The zero-order valence-corrected chi connectivity index (χ0v) is 17.9. The first-order valence-electron chi connectivity index (χ1n) is 10.9. The summed E-state index contributed by atoms with van der Waals surface area (Å²) in [5.74, 6) is 0. The van der Waals surface area contributed by atoms with E-state index < -0.39 is 11.8 Å². The van der Waals surface area contributed by atoms with Crippen LogP contribution in [0, 0.1) is 0 Å². The van der Waals surface area contributed by atoms with Gasteiger partial charge in [0, 0.05) is 0 Å². The Morgan fingerprint density at radius 2 is 0.969 bits per heavy atom. The standard InChI is InChI=1S/C29H27FO2/c30-28(22-31-21-24-13-5-1-6-14-24)23-32-29(25-15-7-2-8-16-25,26-17-9-3-10-18-26)27-19-11-4-12-20-27/h1-20,28H,21-23H2/t28-/m1/s1. The Morgan fingerprint density at radius 1 is 0.562 bits per heavy atom. The molecule has 0 heterocycles. The Balaban J connectivity index is 1.58. The lowest BCUT2D eigenvalue weighted by Gasteiger charge is -2.36. The van der Waals surface area contributed by atoms with Gasteiger partial charge in [0.25, 0.3) is 0 Å². The van der Waals surface area contributed by atoms with Gasteiger partial charge in [0.2, 0.25) is 0 Å². The molecule has 0 saturated carbocycles. The second-order valence-electron chi connectivity index (χ2n) is 7.69. The molecule has 4 aromatic carbocycles. The smallest absolute Gasteiger partial charge is 0.147 e. The van der Waals surface area contributed by atoms with E-state index in [-0.39, 0.29) is 13.2 Å². The van der Waals surface area contributed by atoms with E-state index in [4.69, 9.17) is 9.47 Å². The molecule has 0 saturated heterocycles. The van der Waals surface area contributed by atoms with E-state index in [9.17, 15) is 4.39 Å². The molecule has 0 N–H and O–H groups in total. The molecular weight excluding hydrogens is 399 g/mol. The lowest BCUT2D eigenvalue weighted by molar-refractivity contribution is -0.0398. The van der Waals surface area contributed by atoms with Crippen molar-refractivity contribution in [2.24, 2.45) is 0 Å². The number of hydrogen-bond donors (Lipinski definition) is 0. The minimum atomic E-state index is -1.26. The second-order valence-corrected chi connectivity index (χ2v) is 7.69. The topological polar surface area (TPSA) is 18.5 Å². The number of halogens is 1. The van der Waals surface area contributed by atoms with E-state index in [1.165, 1.54) is 0 Å². The lowest BCUT2D eigenvalue weighted by Crippen LogP contribution is -2.35. The fourth-order valence-electron chi connectivity index (χ4n) is 3.91. The minimum absolute atomic E-state index is 0.0245. The third-order valence-corrected chi connectivity index (χ3v) is 5.43. The average Bonchev–Trinajstić information content (AvgIpc) is 2.87. The number of ether oxygens (including phenoxy) is 2. The zero-order chi connectivity index (χ0) is 22.1. The van der Waals surface area contributed by atoms with Crippen molar-refractivity contribution in [2.75, 3.05) is 13.2 Å². The van der Waals surface area contributed by atoms with Gasteiger partial charge < -0.3 is 9.47 Å². The summed E-state index contributed by atoms with van der Waals surface area (Å²) in [4.78, 5) is 0. The first-order chi connectivity index (χ1) is 15.8. The van der Waals surface area contributed by atoms with Gasteiger partial charge in [0.15, 0.2) is 0 Å². The fourth-order valence-corrected chi connectivity index (χ4v) is 3.91. The molecule has 4 aromatic rings. The van der Waals surface area contributed by atoms with E-state index in [0.717, 1.165) is 22.3 Å². The van der Waals surface area contributed by atoms with Crippen LogP contribution in [0.5, 0.6) is 0 Å². The van der Waals surface area contributed by atoms with Crippen LogP contribution < -0.4 is 0 Å². The molecule has 3 heteroatoms. The van der Waals surface area contributed by atoms with Crippen LogP contribution in [0.3, 0.4) is 0 Å². The van der Waals surface area contributed by atoms with Crippen LogP contribution in [0.4, 0.5) is 4.39 Å². The van der Waals surface area contributed by atoms with Crippen molar-refractivity contribution in [1.29, 1.82) is 0 Å². The van der Waals surface area contributed by atoms with Crippen molar-refractivity contribution < 1.29 is 13.9 Å². The summed E-state index contributed by atoms with van der Waals surface area (Å²) in [6.45, 7) is 0.263. The summed E-state index contributed by atoms with van der Waals surface area (Å²) in [6, 6.07) is 39.7. The van der Waals surface area contributed by atoms with Gasteiger partial charge in [0.1, 0.15) is 11.8 Å². The highest BCUT2D eigenvalue weighted by Crippen LogP contribution is 2.40. The monoisotopic (exact) mass is 426 g/mol. The quantitative estimate of drug-likeness (QED) is 0.268. The predicted molar refractivity (Wildman–Crippen MR) is 126 cm³/mol. The Labute approximate surface area is 189 Å². The first kappa shape index (κ1) is 21.9. The molecule has 0 aliphatic rings. The van der Waals surface area contributed by atoms with Gasteiger partial charge in [-0.1, -0.05) is 121 Å². The molecule has 0 radical (unpaired) electrons. The molecule has 0 amide bonds. The van der Waals surface area contributed by atoms with E-state index in [1.807, 2.05) is 121 Å². The van der Waals surface area contributed by atoms with Gasteiger partial charge >= 0.3 is 0 Å². The molecule has 0 fully saturated rings. The molecule has 0 bridgehead atoms. The van der Waals surface area contributed by atoms with Crippen LogP contribution in [0.1, 0.15) is 22.3 Å². The van der Waals surface area contributed by atoms with E-state index >= 15 is 0 Å². The summed E-state index contributed by atoms with van der Waals surface area (Å²) < 4.78 is 27.0. The molecule has 32 heavy (non-hydrogen) atoms. The maximum Gasteiger partial charge on any atom is 0.147 e. The molecule has 4 rings (SSSR count). The molecule has 0 spiro atoms. The highest BCUT2D eigenvalue weighted by Gasteiger charge is 2.38. The molecule has 2 nitrogen and oxygen atoms in total. The molecular formula is C29H27FO2. The fraction of sp³-hybridized carbons (Fsp3) is 0.172. The highest BCUT2D eigenvalue weighted by atomic mass is 19.1. The molecule has 0 aliphatic heterocycles. The van der Waals surface area contributed by atoms with Gasteiger partial charge in [-0.25, -0.2) is 4.39 Å². The Morgan fingerprint density at radius 3 is 1.41 bits per heavy atom. The normalized spacial score (nSPS) is 12.4. The molecule has 162 valence electrons. The third kappa shape index (κ3) is 5.13. The van der Waals surface area contributed by atoms with Gasteiger partial charge in [-0.05, 0) is 22.3 Å². The lowest BCUT2D eigenvalue weighted by atomic mass is 9.80. The van der Waals surface area contributed by atoms with Crippen LogP contribution >= 0.6 is 0 Å². The largest absolute Gasteiger partial charge is 0.374 e. The van der Waals surface area contributed by atoms with Crippen LogP contribution in [0.15, 0.2) is 121 Å². The van der Waals surface area contributed by atoms with E-state index in [1.54, 1.807) is 0 Å². The van der Waals surface area contributed by atoms with E-state index in [0.29, 0.717) is 6.61 Å². The van der Waals surface area contributed by atoms with Gasteiger partial charge in [-0.2, -0.15) is 0 Å². The minimum Gasteiger partial charge on any atom is -0.374 e. The van der Waals surface area contributed by atoms with Crippen molar-refractivity contribution >= 4 is 0 Å². The number of rotatable bonds is 10. The van der Waals surface area contributed by atoms with Crippen molar-refractivity contribution in [3.63, 3.8) is 0 Å². The van der Waals surface area contributed by atoms with E-state index in [2.05, 4.69) is 0 Å². The summed E-state index contributed by atoms with van der Waals surface area (Å²) in [5, 5.41) is 0. The first-order valence-corrected chi connectivity index (χ1v) is 10.9.